The number of hydrogen-bond donors (Lipinski definition) is 4. The van der Waals surface area contributed by atoms with Crippen LogP contribution < -0.4 is 0 Å². The average molecular weight is 1590 g/mol. The van der Waals surface area contributed by atoms with Crippen molar-refractivity contribution in [1.29, 1.82) is 0 Å². The van der Waals surface area contributed by atoms with Crippen LogP contribution in [0.2, 0.25) is 0 Å². The number of aliphatic hydroxyl groups is 2. The van der Waals surface area contributed by atoms with Crippen LogP contribution in [0.4, 0.5) is 0 Å². The molecule has 0 aliphatic carbocycles. The first kappa shape index (κ1) is 106. The van der Waals surface area contributed by atoms with E-state index in [9.17, 15) is 43.5 Å². The van der Waals surface area contributed by atoms with Gasteiger partial charge in [-0.15, -0.1) is 0 Å². The molecule has 0 amide bonds. The van der Waals surface area contributed by atoms with E-state index in [1.165, 1.54) is 135 Å². The van der Waals surface area contributed by atoms with Crippen LogP contribution in [-0.2, 0) is 55.8 Å². The Kier molecular flexibility index (Phi) is 80.4. The summed E-state index contributed by atoms with van der Waals surface area (Å²) in [6.45, 7) is 2.37. The van der Waals surface area contributed by atoms with Gasteiger partial charge in [0.15, 0.2) is 6.10 Å². The number of aliphatic hydroxyl groups excluding tert-OH is 2. The van der Waals surface area contributed by atoms with Crippen LogP contribution in [0.1, 0.15) is 342 Å². The number of carbonyl (C=O) groups excluding carboxylic acids is 3. The van der Waals surface area contributed by atoms with Crippen LogP contribution >= 0.6 is 15.6 Å². The molecule has 0 fully saturated rings. The average Bonchev–Trinajstić information content (AvgIpc) is 0.901. The summed E-state index contributed by atoms with van der Waals surface area (Å²) in [5.41, 5.74) is 0. The summed E-state index contributed by atoms with van der Waals surface area (Å²) in [6.07, 6.45) is 108. The standard InChI is InChI=1S/C93H156O16P2/c1-4-7-10-13-16-19-22-25-28-31-33-35-37-39-41-43-45-47-49-51-53-56-58-61-64-67-70-73-76-79-91(96)103-82-88(94)83-105-110(99,100)106-84-89(95)85-107-111(101,102)108-87-90(109-93(98)81-78-75-72-69-66-63-60-55-30-27-24-21-18-15-12-9-6-3)86-104-92(97)80-77-74-71-68-65-62-59-57-54-52-50-48-46-44-42-40-38-36-34-32-29-26-23-20-17-14-11-8-5-2/h7,9-10,12,16-21,25-30,33-36,39-42,60,63,69,72,88-90,94-95H,4-6,8,11,13-15,22-24,31-32,37-38,43-59,61-62,64-68,70-71,73-87H2,1-3H3,(H,99,100)(H,101,102)/b10-7-,12-9-,19-16-,20-17-,21-18-,28-25-,29-26-,30-27-,35-33-,36-34-,41-39-,42-40-,63-60-,72-69-. The minimum absolute atomic E-state index is 0.0219. The number of esters is 3. The molecule has 18 heteroatoms. The van der Waals surface area contributed by atoms with E-state index in [-0.39, 0.29) is 19.3 Å². The lowest BCUT2D eigenvalue weighted by atomic mass is 10.0. The second-order valence-corrected chi connectivity index (χ2v) is 31.5. The molecule has 4 N–H and O–H groups in total. The quantitative estimate of drug-likeness (QED) is 0.0146. The molecule has 0 saturated heterocycles. The molecule has 0 rings (SSSR count). The molecule has 111 heavy (non-hydrogen) atoms. The summed E-state index contributed by atoms with van der Waals surface area (Å²) in [4.78, 5) is 58.8. The van der Waals surface area contributed by atoms with Crippen molar-refractivity contribution in [3.63, 3.8) is 0 Å². The van der Waals surface area contributed by atoms with Gasteiger partial charge in [0.1, 0.15) is 25.4 Å². The topological polar surface area (TPSA) is 231 Å². The van der Waals surface area contributed by atoms with Gasteiger partial charge in [-0.25, -0.2) is 9.13 Å². The second kappa shape index (κ2) is 84.3. The van der Waals surface area contributed by atoms with E-state index in [2.05, 4.69) is 179 Å². The Hall–Kier alpha value is -5.09. The summed E-state index contributed by atoms with van der Waals surface area (Å²) in [5, 5.41) is 20.7. The monoisotopic (exact) mass is 1590 g/mol. The zero-order valence-corrected chi connectivity index (χ0v) is 71.4. The van der Waals surface area contributed by atoms with Crippen LogP contribution in [0.3, 0.4) is 0 Å². The van der Waals surface area contributed by atoms with E-state index in [0.29, 0.717) is 25.7 Å². The summed E-state index contributed by atoms with van der Waals surface area (Å²) in [5.74, 6) is -1.65. The smallest absolute Gasteiger partial charge is 0.463 e. The third-order valence-electron chi connectivity index (χ3n) is 17.9. The highest BCUT2D eigenvalue weighted by Gasteiger charge is 2.29. The van der Waals surface area contributed by atoms with E-state index >= 15 is 0 Å². The van der Waals surface area contributed by atoms with Gasteiger partial charge in [0.05, 0.1) is 26.4 Å². The number of allylic oxidation sites excluding steroid dienone is 28. The second-order valence-electron chi connectivity index (χ2n) is 28.6. The minimum atomic E-state index is -4.96. The van der Waals surface area contributed by atoms with Crippen LogP contribution in [0.25, 0.3) is 0 Å². The highest BCUT2D eigenvalue weighted by molar-refractivity contribution is 7.47. The van der Waals surface area contributed by atoms with Crippen molar-refractivity contribution in [3.05, 3.63) is 170 Å². The molecule has 0 aromatic carbocycles. The van der Waals surface area contributed by atoms with Crippen molar-refractivity contribution in [1.82, 2.24) is 0 Å². The molecular weight excluding hydrogens is 1430 g/mol. The van der Waals surface area contributed by atoms with Gasteiger partial charge in [0.2, 0.25) is 0 Å². The third kappa shape index (κ3) is 85.6. The predicted octanol–water partition coefficient (Wildman–Crippen LogP) is 26.3. The zero-order valence-electron chi connectivity index (χ0n) is 69.6. The molecule has 5 unspecified atom stereocenters. The number of unbranched alkanes of at least 4 members (excludes halogenated alkanes) is 30. The molecule has 0 aliphatic heterocycles. The van der Waals surface area contributed by atoms with Crippen molar-refractivity contribution < 1.29 is 75.8 Å². The van der Waals surface area contributed by atoms with Crippen LogP contribution in [0.5, 0.6) is 0 Å². The molecule has 0 saturated carbocycles. The summed E-state index contributed by atoms with van der Waals surface area (Å²) < 4.78 is 61.3. The SMILES string of the molecule is CC/C=C\C/C=C\C/C=C\C/C=C\C/C=C\CCCCCCCCCCCCCCCC(=O)OCC(O)COP(=O)(O)OCC(O)COP(=O)(O)OCC(COC(=O)CCCCCCCCCCCCCCC/C=C\C/C=C\C/C=C\C/C=C\CCCCC)OC(=O)CCC/C=C\C/C=C\C/C=C\C/C=C\C/C=C\CC. The first-order valence-corrected chi connectivity index (χ1v) is 46.4. The van der Waals surface area contributed by atoms with Crippen LogP contribution in [0, 0.1) is 0 Å². The Morgan fingerprint density at radius 2 is 0.486 bits per heavy atom. The van der Waals surface area contributed by atoms with Crippen molar-refractivity contribution in [2.24, 2.45) is 0 Å². The Labute approximate surface area is 675 Å². The lowest BCUT2D eigenvalue weighted by Gasteiger charge is -2.21. The predicted molar refractivity (Wildman–Crippen MR) is 463 cm³/mol. The minimum Gasteiger partial charge on any atom is -0.463 e. The summed E-state index contributed by atoms with van der Waals surface area (Å²) >= 11 is 0. The van der Waals surface area contributed by atoms with Gasteiger partial charge >= 0.3 is 33.6 Å². The van der Waals surface area contributed by atoms with E-state index in [4.69, 9.17) is 32.3 Å². The van der Waals surface area contributed by atoms with Crippen molar-refractivity contribution in [2.75, 3.05) is 39.6 Å². The molecule has 0 aliphatic rings. The largest absolute Gasteiger partial charge is 0.472 e. The summed E-state index contributed by atoms with van der Waals surface area (Å²) in [7, 11) is -9.83. The number of hydrogen-bond acceptors (Lipinski definition) is 14. The molecule has 0 radical (unpaired) electrons. The van der Waals surface area contributed by atoms with Crippen molar-refractivity contribution in [2.45, 2.75) is 360 Å². The molecule has 0 aromatic rings. The van der Waals surface area contributed by atoms with Gasteiger partial charge in [-0.1, -0.05) is 345 Å². The molecule has 634 valence electrons. The van der Waals surface area contributed by atoms with Gasteiger partial charge in [0.25, 0.3) is 0 Å². The molecule has 0 heterocycles. The molecular formula is C93H156O16P2. The van der Waals surface area contributed by atoms with E-state index in [0.717, 1.165) is 141 Å². The maximum atomic E-state index is 13.0. The Morgan fingerprint density at radius 3 is 0.784 bits per heavy atom. The van der Waals surface area contributed by atoms with E-state index < -0.39 is 91.5 Å². The van der Waals surface area contributed by atoms with Crippen LogP contribution in [0.15, 0.2) is 170 Å². The van der Waals surface area contributed by atoms with Crippen molar-refractivity contribution in [3.8, 4) is 0 Å². The van der Waals surface area contributed by atoms with Crippen molar-refractivity contribution >= 4 is 33.6 Å². The highest BCUT2D eigenvalue weighted by atomic mass is 31.2. The van der Waals surface area contributed by atoms with E-state index in [1.807, 2.05) is 12.2 Å². The number of phosphoric ester groups is 2. The number of carbonyl (C=O) groups is 3. The van der Waals surface area contributed by atoms with E-state index in [1.54, 1.807) is 0 Å². The van der Waals surface area contributed by atoms with Gasteiger partial charge in [-0.05, 0) is 148 Å². The molecule has 0 aromatic heterocycles. The maximum Gasteiger partial charge on any atom is 0.472 e. The normalized spacial score (nSPS) is 14.7. The number of phosphoric acid groups is 2. The molecule has 5 atom stereocenters. The van der Waals surface area contributed by atoms with Gasteiger partial charge < -0.3 is 34.2 Å². The fraction of sp³-hybridized carbons (Fsp3) is 0.667. The Balaban J connectivity index is 4.59. The zero-order chi connectivity index (χ0) is 80.8. The first-order chi connectivity index (χ1) is 54.2. The lowest BCUT2D eigenvalue weighted by molar-refractivity contribution is -0.161. The fourth-order valence-electron chi connectivity index (χ4n) is 11.4. The van der Waals surface area contributed by atoms with Crippen LogP contribution in [-0.4, -0.2) is 95.9 Å². The fourth-order valence-corrected chi connectivity index (χ4v) is 13.0. The summed E-state index contributed by atoms with van der Waals surface area (Å²) in [6, 6.07) is 0. The van der Waals surface area contributed by atoms with Gasteiger partial charge in [-0.3, -0.25) is 32.5 Å². The van der Waals surface area contributed by atoms with Gasteiger partial charge in [0, 0.05) is 19.3 Å². The number of ether oxygens (including phenoxy) is 3. The van der Waals surface area contributed by atoms with Gasteiger partial charge in [-0.2, -0.15) is 0 Å². The maximum absolute atomic E-state index is 13.0. The first-order valence-electron chi connectivity index (χ1n) is 43.4. The Morgan fingerprint density at radius 1 is 0.261 bits per heavy atom. The molecule has 0 bridgehead atoms. The third-order valence-corrected chi connectivity index (χ3v) is 19.8. The highest BCUT2D eigenvalue weighted by Crippen LogP contribution is 2.45. The Bertz CT molecular complexity index is 2700. The molecule has 16 nitrogen and oxygen atoms in total. The lowest BCUT2D eigenvalue weighted by Crippen LogP contribution is -2.30. The molecule has 0 spiro atoms. The number of rotatable bonds is 81.